The van der Waals surface area contributed by atoms with Gasteiger partial charge in [0.25, 0.3) is 0 Å². The lowest BCUT2D eigenvalue weighted by Gasteiger charge is -1.96. The number of rotatable bonds is 3. The van der Waals surface area contributed by atoms with E-state index < -0.39 is 0 Å². The summed E-state index contributed by atoms with van der Waals surface area (Å²) >= 11 is 6.05. The van der Waals surface area contributed by atoms with Crippen LogP contribution in [-0.2, 0) is 6.54 Å². The molecule has 2 aromatic rings. The van der Waals surface area contributed by atoms with E-state index in [0.717, 1.165) is 17.9 Å². The number of hydrogen-bond donors (Lipinski definition) is 1. The van der Waals surface area contributed by atoms with Gasteiger partial charge in [0.2, 0.25) is 0 Å². The van der Waals surface area contributed by atoms with Gasteiger partial charge in [-0.05, 0) is 25.0 Å². The summed E-state index contributed by atoms with van der Waals surface area (Å²) in [7, 11) is 0. The summed E-state index contributed by atoms with van der Waals surface area (Å²) in [5.41, 5.74) is 1.96. The second-order valence-corrected chi connectivity index (χ2v) is 4.35. The van der Waals surface area contributed by atoms with Gasteiger partial charge in [-0.1, -0.05) is 17.7 Å². The molecule has 0 amide bonds. The first-order chi connectivity index (χ1) is 7.33. The van der Waals surface area contributed by atoms with Crippen molar-refractivity contribution in [2.75, 3.05) is 0 Å². The van der Waals surface area contributed by atoms with Crippen LogP contribution in [0.15, 0.2) is 24.4 Å². The van der Waals surface area contributed by atoms with E-state index in [9.17, 15) is 0 Å². The van der Waals surface area contributed by atoms with Crippen LogP contribution in [0.3, 0.4) is 0 Å². The largest absolute Gasteiger partial charge is 0.308 e. The number of pyridine rings is 1. The Morgan fingerprint density at radius 2 is 2.33 bits per heavy atom. The number of fused-ring (bicyclic) bond motifs is 1. The lowest BCUT2D eigenvalue weighted by Crippen LogP contribution is -2.15. The van der Waals surface area contributed by atoms with E-state index in [0.29, 0.717) is 11.2 Å². The molecule has 4 heteroatoms. The lowest BCUT2D eigenvalue weighted by atomic mass is 10.4. The van der Waals surface area contributed by atoms with Gasteiger partial charge in [-0.3, -0.25) is 4.40 Å². The van der Waals surface area contributed by atoms with Crippen LogP contribution < -0.4 is 5.32 Å². The van der Waals surface area contributed by atoms with Gasteiger partial charge in [0.15, 0.2) is 0 Å². The minimum absolute atomic E-state index is 0.706. The summed E-state index contributed by atoms with van der Waals surface area (Å²) in [4.78, 5) is 4.49. The van der Waals surface area contributed by atoms with Crippen LogP contribution in [0.1, 0.15) is 18.5 Å². The molecule has 3 rings (SSSR count). The third-order valence-electron chi connectivity index (χ3n) is 2.64. The zero-order chi connectivity index (χ0) is 10.3. The summed E-state index contributed by atoms with van der Waals surface area (Å²) < 4.78 is 1.91. The zero-order valence-electron chi connectivity index (χ0n) is 8.28. The summed E-state index contributed by atoms with van der Waals surface area (Å²) in [5, 5.41) is 4.14. The van der Waals surface area contributed by atoms with Gasteiger partial charge < -0.3 is 5.32 Å². The Labute approximate surface area is 93.1 Å². The Hall–Kier alpha value is -1.06. The quantitative estimate of drug-likeness (QED) is 0.806. The minimum atomic E-state index is 0.706. The molecule has 1 fully saturated rings. The molecule has 0 radical (unpaired) electrons. The van der Waals surface area contributed by atoms with Crippen LogP contribution in [0.5, 0.6) is 0 Å². The van der Waals surface area contributed by atoms with Crippen molar-refractivity contribution < 1.29 is 0 Å². The Morgan fingerprint density at radius 3 is 3.07 bits per heavy atom. The summed E-state index contributed by atoms with van der Waals surface area (Å²) in [5.74, 6) is 0. The maximum absolute atomic E-state index is 6.05. The average molecular weight is 222 g/mol. The highest BCUT2D eigenvalue weighted by molar-refractivity contribution is 6.29. The number of nitrogens with zero attached hydrogens (tertiary/aromatic N) is 2. The highest BCUT2D eigenvalue weighted by atomic mass is 35.5. The monoisotopic (exact) mass is 221 g/mol. The highest BCUT2D eigenvalue weighted by Gasteiger charge is 2.20. The van der Waals surface area contributed by atoms with Crippen molar-refractivity contribution in [1.82, 2.24) is 14.7 Å². The second kappa shape index (κ2) is 3.51. The molecule has 1 aliphatic carbocycles. The fourth-order valence-corrected chi connectivity index (χ4v) is 1.86. The van der Waals surface area contributed by atoms with Crippen molar-refractivity contribution in [3.8, 4) is 0 Å². The van der Waals surface area contributed by atoms with Crippen molar-refractivity contribution in [1.29, 1.82) is 0 Å². The van der Waals surface area contributed by atoms with Crippen molar-refractivity contribution in [3.05, 3.63) is 35.2 Å². The van der Waals surface area contributed by atoms with E-state index in [1.165, 1.54) is 12.8 Å². The first kappa shape index (κ1) is 9.19. The van der Waals surface area contributed by atoms with Gasteiger partial charge in [0.05, 0.1) is 5.69 Å². The summed E-state index contributed by atoms with van der Waals surface area (Å²) in [6.07, 6.45) is 4.59. The maximum Gasteiger partial charge on any atom is 0.138 e. The fourth-order valence-electron chi connectivity index (χ4n) is 1.65. The molecule has 0 spiro atoms. The van der Waals surface area contributed by atoms with E-state index in [1.54, 1.807) is 0 Å². The van der Waals surface area contributed by atoms with E-state index in [-0.39, 0.29) is 0 Å². The number of hydrogen-bond acceptors (Lipinski definition) is 2. The molecule has 1 saturated carbocycles. The van der Waals surface area contributed by atoms with Crippen molar-refractivity contribution in [2.24, 2.45) is 0 Å². The number of aromatic nitrogens is 2. The van der Waals surface area contributed by atoms with Gasteiger partial charge in [-0.25, -0.2) is 4.98 Å². The van der Waals surface area contributed by atoms with Gasteiger partial charge in [-0.15, -0.1) is 0 Å². The molecule has 0 bridgehead atoms. The Kier molecular flexibility index (Phi) is 2.15. The van der Waals surface area contributed by atoms with Gasteiger partial charge in [0, 0.05) is 18.8 Å². The predicted molar refractivity (Wildman–Crippen MR) is 60.1 cm³/mol. The molecular weight excluding hydrogens is 210 g/mol. The second-order valence-electron chi connectivity index (χ2n) is 3.96. The smallest absolute Gasteiger partial charge is 0.138 e. The number of imidazole rings is 1. The van der Waals surface area contributed by atoms with Gasteiger partial charge in [-0.2, -0.15) is 0 Å². The lowest BCUT2D eigenvalue weighted by molar-refractivity contribution is 0.677. The van der Waals surface area contributed by atoms with Crippen molar-refractivity contribution >= 4 is 17.2 Å². The molecule has 0 aromatic carbocycles. The molecular formula is C11H12ClN3. The Bertz CT molecular complexity index is 488. The third kappa shape index (κ3) is 1.85. The topological polar surface area (TPSA) is 29.3 Å². The van der Waals surface area contributed by atoms with Gasteiger partial charge in [0.1, 0.15) is 10.8 Å². The van der Waals surface area contributed by atoms with Gasteiger partial charge >= 0.3 is 0 Å². The Balaban J connectivity index is 1.88. The van der Waals surface area contributed by atoms with Crippen LogP contribution in [0.4, 0.5) is 0 Å². The summed E-state index contributed by atoms with van der Waals surface area (Å²) in [6, 6.07) is 6.47. The van der Waals surface area contributed by atoms with E-state index in [4.69, 9.17) is 11.6 Å². The average Bonchev–Trinajstić information content (AvgIpc) is 2.95. The zero-order valence-corrected chi connectivity index (χ0v) is 9.04. The van der Waals surface area contributed by atoms with E-state index in [1.807, 2.05) is 28.8 Å². The highest BCUT2D eigenvalue weighted by Crippen LogP contribution is 2.19. The van der Waals surface area contributed by atoms with Crippen LogP contribution in [0, 0.1) is 0 Å². The standard InChI is InChI=1S/C11H12ClN3/c12-10-2-1-3-11-14-9(7-15(10)11)6-13-8-4-5-8/h1-3,7-8,13H,4-6H2. The van der Waals surface area contributed by atoms with Crippen molar-refractivity contribution in [2.45, 2.75) is 25.4 Å². The number of nitrogens with one attached hydrogen (secondary N) is 1. The Morgan fingerprint density at radius 1 is 1.47 bits per heavy atom. The van der Waals surface area contributed by atoms with Crippen LogP contribution in [-0.4, -0.2) is 15.4 Å². The first-order valence-electron chi connectivity index (χ1n) is 5.19. The molecule has 3 nitrogen and oxygen atoms in total. The molecule has 78 valence electrons. The maximum atomic E-state index is 6.05. The molecule has 0 unspecified atom stereocenters. The molecule has 2 heterocycles. The van der Waals surface area contributed by atoms with E-state index in [2.05, 4.69) is 10.3 Å². The SMILES string of the molecule is Clc1cccc2nc(CNC3CC3)cn12. The molecule has 0 saturated heterocycles. The molecule has 0 aliphatic heterocycles. The first-order valence-corrected chi connectivity index (χ1v) is 5.56. The van der Waals surface area contributed by atoms with Crippen LogP contribution in [0.25, 0.3) is 5.65 Å². The fraction of sp³-hybridized carbons (Fsp3) is 0.364. The molecule has 15 heavy (non-hydrogen) atoms. The normalized spacial score (nSPS) is 16.1. The van der Waals surface area contributed by atoms with Crippen molar-refractivity contribution in [3.63, 3.8) is 0 Å². The number of halogens is 1. The molecule has 2 aromatic heterocycles. The minimum Gasteiger partial charge on any atom is -0.308 e. The molecule has 0 atom stereocenters. The predicted octanol–water partition coefficient (Wildman–Crippen LogP) is 2.24. The molecule has 1 N–H and O–H groups in total. The summed E-state index contributed by atoms with van der Waals surface area (Å²) in [6.45, 7) is 0.836. The third-order valence-corrected chi connectivity index (χ3v) is 2.95. The van der Waals surface area contributed by atoms with Crippen LogP contribution >= 0.6 is 11.6 Å². The van der Waals surface area contributed by atoms with E-state index >= 15 is 0 Å². The molecule has 1 aliphatic rings. The van der Waals surface area contributed by atoms with Crippen LogP contribution in [0.2, 0.25) is 5.15 Å².